The molecule has 4 unspecified atom stereocenters. The minimum atomic E-state index is 0. The molecule has 0 aliphatic heterocycles. The van der Waals surface area contributed by atoms with E-state index in [9.17, 15) is 0 Å². The quantitative estimate of drug-likeness (QED) is 0.405. The van der Waals surface area contributed by atoms with Gasteiger partial charge in [-0.05, 0) is 30.3 Å². The summed E-state index contributed by atoms with van der Waals surface area (Å²) in [6.45, 7) is 0. The maximum absolute atomic E-state index is 8.75. The van der Waals surface area contributed by atoms with Crippen LogP contribution in [0.1, 0.15) is 6.42 Å². The molecular weight excluding hydrogens is 336 g/mol. The van der Waals surface area contributed by atoms with Crippen molar-refractivity contribution in [1.29, 1.82) is 0 Å². The summed E-state index contributed by atoms with van der Waals surface area (Å²) in [6.07, 6.45) is 10.0. The predicted octanol–water partition coefficient (Wildman–Crippen LogP) is 1.82. The first-order chi connectivity index (χ1) is 5.90. The first-order valence-corrected chi connectivity index (χ1v) is 4.48. The van der Waals surface area contributed by atoms with Gasteiger partial charge in [0.2, 0.25) is 0 Å². The molecule has 0 aromatic heterocycles. The van der Waals surface area contributed by atoms with Gasteiger partial charge in [-0.3, -0.25) is 0 Å². The van der Waals surface area contributed by atoms with Gasteiger partial charge in [0.15, 0.2) is 0 Å². The van der Waals surface area contributed by atoms with Crippen LogP contribution in [-0.2, 0) is 20.4 Å². The molecule has 1 N–H and O–H groups in total. The molecule has 0 saturated heterocycles. The average molecular weight is 347 g/mol. The Balaban J connectivity index is 0.000000653. The number of fused-ring (bicyclic) bond motifs is 5. The maximum Gasteiger partial charge on any atom is 0.0835 e. The molecule has 13 heavy (non-hydrogen) atoms. The van der Waals surface area contributed by atoms with Gasteiger partial charge in [0.25, 0.3) is 0 Å². The molecule has 3 rings (SSSR count). The molecule has 0 amide bonds. The normalized spacial score (nSPS) is 46.9. The monoisotopic (exact) mass is 348 g/mol. The summed E-state index contributed by atoms with van der Waals surface area (Å²) in [4.78, 5) is 0. The topological polar surface area (TPSA) is 32.6 Å². The standard InChI is InChI=1S/C10H11NO.Re/c12-11-9-4-3-8-6-1-2-7(5-6)10(8)9;/h1-4,6-8,10,12H,5H2;/b11-9+;. The minimum Gasteiger partial charge on any atom is -0.411 e. The van der Waals surface area contributed by atoms with E-state index in [0.717, 1.165) is 11.6 Å². The Hall–Kier alpha value is -0.388. The summed E-state index contributed by atoms with van der Waals surface area (Å²) in [5.74, 6) is 2.48. The van der Waals surface area contributed by atoms with Crippen molar-refractivity contribution >= 4 is 5.71 Å². The van der Waals surface area contributed by atoms with Crippen LogP contribution in [-0.4, -0.2) is 10.9 Å². The molecule has 2 nitrogen and oxygen atoms in total. The van der Waals surface area contributed by atoms with Crippen molar-refractivity contribution in [3.63, 3.8) is 0 Å². The Bertz CT molecular complexity index is 308. The molecule has 3 heteroatoms. The van der Waals surface area contributed by atoms with Crippen LogP contribution in [0.4, 0.5) is 0 Å². The van der Waals surface area contributed by atoms with Gasteiger partial charge in [0.1, 0.15) is 0 Å². The van der Waals surface area contributed by atoms with Crippen LogP contribution in [0.2, 0.25) is 0 Å². The molecule has 2 bridgehead atoms. The summed E-state index contributed by atoms with van der Waals surface area (Å²) in [5, 5.41) is 12.1. The van der Waals surface area contributed by atoms with E-state index in [2.05, 4.69) is 23.4 Å². The first kappa shape index (κ1) is 9.18. The minimum absolute atomic E-state index is 0. The molecule has 69 valence electrons. The summed E-state index contributed by atoms with van der Waals surface area (Å²) in [7, 11) is 0. The van der Waals surface area contributed by atoms with Gasteiger partial charge >= 0.3 is 0 Å². The van der Waals surface area contributed by atoms with Crippen LogP contribution in [0, 0.1) is 23.7 Å². The smallest absolute Gasteiger partial charge is 0.0835 e. The third-order valence-corrected chi connectivity index (χ3v) is 3.47. The maximum atomic E-state index is 8.75. The molecule has 0 heterocycles. The second-order valence-electron chi connectivity index (χ2n) is 3.94. The van der Waals surface area contributed by atoms with Crippen molar-refractivity contribution < 1.29 is 25.6 Å². The van der Waals surface area contributed by atoms with Crippen molar-refractivity contribution in [3.8, 4) is 0 Å². The largest absolute Gasteiger partial charge is 0.411 e. The van der Waals surface area contributed by atoms with E-state index < -0.39 is 0 Å². The van der Waals surface area contributed by atoms with Crippen LogP contribution in [0.15, 0.2) is 29.5 Å². The summed E-state index contributed by atoms with van der Waals surface area (Å²) < 4.78 is 0. The zero-order valence-corrected chi connectivity index (χ0v) is 9.81. The van der Waals surface area contributed by atoms with Crippen molar-refractivity contribution in [1.82, 2.24) is 0 Å². The molecule has 3 aliphatic carbocycles. The van der Waals surface area contributed by atoms with Crippen molar-refractivity contribution in [3.05, 3.63) is 24.3 Å². The number of nitrogens with zero attached hydrogens (tertiary/aromatic N) is 1. The summed E-state index contributed by atoms with van der Waals surface area (Å²) in [5.41, 5.74) is 0.886. The van der Waals surface area contributed by atoms with E-state index in [-0.39, 0.29) is 20.4 Å². The van der Waals surface area contributed by atoms with Crippen LogP contribution in [0.3, 0.4) is 0 Å². The fraction of sp³-hybridized carbons (Fsp3) is 0.500. The molecule has 1 radical (unpaired) electrons. The second kappa shape index (κ2) is 3.08. The number of rotatable bonds is 0. The SMILES string of the molecule is O/N=C1\C=CC2C3C=CC(C3)C12.[Re]. The molecule has 1 saturated carbocycles. The Labute approximate surface area is 91.0 Å². The molecule has 4 atom stereocenters. The summed E-state index contributed by atoms with van der Waals surface area (Å²) in [6, 6.07) is 0. The Morgan fingerprint density at radius 1 is 1.23 bits per heavy atom. The van der Waals surface area contributed by atoms with E-state index in [1.54, 1.807) is 0 Å². The fourth-order valence-electron chi connectivity index (χ4n) is 2.96. The molecule has 0 aromatic rings. The van der Waals surface area contributed by atoms with E-state index >= 15 is 0 Å². The van der Waals surface area contributed by atoms with Gasteiger partial charge in [-0.2, -0.15) is 0 Å². The van der Waals surface area contributed by atoms with Gasteiger partial charge in [-0.15, -0.1) is 0 Å². The van der Waals surface area contributed by atoms with Crippen LogP contribution in [0.5, 0.6) is 0 Å². The van der Waals surface area contributed by atoms with E-state index in [1.165, 1.54) is 6.42 Å². The first-order valence-electron chi connectivity index (χ1n) is 4.48. The van der Waals surface area contributed by atoms with Gasteiger partial charge in [0, 0.05) is 26.3 Å². The molecule has 0 aromatic carbocycles. The summed E-state index contributed by atoms with van der Waals surface area (Å²) >= 11 is 0. The van der Waals surface area contributed by atoms with E-state index in [1.807, 2.05) is 6.08 Å². The molecule has 1 fully saturated rings. The van der Waals surface area contributed by atoms with Crippen LogP contribution in [0.25, 0.3) is 0 Å². The average Bonchev–Trinajstić information content (AvgIpc) is 2.76. The van der Waals surface area contributed by atoms with Gasteiger partial charge in [-0.1, -0.05) is 23.4 Å². The molecule has 0 spiro atoms. The Morgan fingerprint density at radius 2 is 2.00 bits per heavy atom. The molecule has 3 aliphatic rings. The molecular formula is C10H11NORe. The van der Waals surface area contributed by atoms with Crippen molar-refractivity contribution in [2.24, 2.45) is 28.8 Å². The third-order valence-electron chi connectivity index (χ3n) is 3.47. The van der Waals surface area contributed by atoms with Crippen LogP contribution < -0.4 is 0 Å². The zero-order valence-electron chi connectivity index (χ0n) is 7.10. The fourth-order valence-corrected chi connectivity index (χ4v) is 2.96. The van der Waals surface area contributed by atoms with Gasteiger partial charge < -0.3 is 5.21 Å². The number of hydrogen-bond donors (Lipinski definition) is 1. The van der Waals surface area contributed by atoms with Gasteiger partial charge in [0.05, 0.1) is 5.71 Å². The number of oxime groups is 1. The predicted molar refractivity (Wildman–Crippen MR) is 46.1 cm³/mol. The van der Waals surface area contributed by atoms with Crippen molar-refractivity contribution in [2.45, 2.75) is 6.42 Å². The Morgan fingerprint density at radius 3 is 2.77 bits per heavy atom. The zero-order chi connectivity index (χ0) is 8.13. The van der Waals surface area contributed by atoms with Crippen molar-refractivity contribution in [2.75, 3.05) is 0 Å². The van der Waals surface area contributed by atoms with E-state index in [4.69, 9.17) is 5.21 Å². The van der Waals surface area contributed by atoms with Gasteiger partial charge in [-0.25, -0.2) is 0 Å². The Kier molecular flexibility index (Phi) is 2.17. The third kappa shape index (κ3) is 1.07. The van der Waals surface area contributed by atoms with E-state index in [0.29, 0.717) is 17.8 Å². The number of hydrogen-bond acceptors (Lipinski definition) is 2. The second-order valence-corrected chi connectivity index (χ2v) is 3.94. The number of allylic oxidation sites excluding steroid dienone is 4. The van der Waals surface area contributed by atoms with Crippen LogP contribution >= 0.6 is 0 Å².